The number of amides is 1. The monoisotopic (exact) mass is 312 g/mol. The zero-order valence-electron chi connectivity index (χ0n) is 14.1. The van der Waals surface area contributed by atoms with Crippen molar-refractivity contribution in [3.05, 3.63) is 0 Å². The van der Waals surface area contributed by atoms with Gasteiger partial charge < -0.3 is 19.5 Å². The largest absolute Gasteiger partial charge is 0.444 e. The number of likely N-dealkylation sites (tertiary alicyclic amines) is 1. The molecule has 6 nitrogen and oxygen atoms in total. The standard InChI is InChI=1S/C16H28N2O4/c1-5-6-8-21-9-7-13(19)16(10-17)11-18(12-16)14(20)22-15(2,3)4/h13,19H,5-9,11-12H2,1-4H3. The van der Waals surface area contributed by atoms with E-state index in [-0.39, 0.29) is 13.1 Å². The SMILES string of the molecule is CCCCOCCC(O)C1(C#N)CN(C(=O)OC(C)(C)C)C1. The van der Waals surface area contributed by atoms with Gasteiger partial charge in [-0.05, 0) is 33.6 Å². The van der Waals surface area contributed by atoms with Gasteiger partial charge in [-0.25, -0.2) is 4.79 Å². The number of rotatable bonds is 7. The van der Waals surface area contributed by atoms with E-state index in [1.54, 1.807) is 20.8 Å². The Hall–Kier alpha value is -1.32. The minimum absolute atomic E-state index is 0.203. The fourth-order valence-corrected chi connectivity index (χ4v) is 2.27. The molecule has 0 bridgehead atoms. The van der Waals surface area contributed by atoms with Gasteiger partial charge in [-0.15, -0.1) is 0 Å². The van der Waals surface area contributed by atoms with Crippen LogP contribution in [-0.4, -0.2) is 54.1 Å². The summed E-state index contributed by atoms with van der Waals surface area (Å²) in [7, 11) is 0. The molecule has 1 rings (SSSR count). The Labute approximate surface area is 133 Å². The summed E-state index contributed by atoms with van der Waals surface area (Å²) in [6.07, 6.45) is 1.23. The molecule has 0 radical (unpaired) electrons. The normalized spacial score (nSPS) is 18.3. The summed E-state index contributed by atoms with van der Waals surface area (Å²) in [6.45, 7) is 8.98. The molecule has 0 aliphatic carbocycles. The third kappa shape index (κ3) is 5.15. The summed E-state index contributed by atoms with van der Waals surface area (Å²) in [5.41, 5.74) is -1.46. The lowest BCUT2D eigenvalue weighted by atomic mass is 9.75. The molecule has 1 aliphatic heterocycles. The Balaban J connectivity index is 2.39. The van der Waals surface area contributed by atoms with Crippen LogP contribution in [0.3, 0.4) is 0 Å². The first-order valence-corrected chi connectivity index (χ1v) is 7.89. The first-order chi connectivity index (χ1) is 10.2. The molecule has 1 N–H and O–H groups in total. The van der Waals surface area contributed by atoms with Gasteiger partial charge in [0.1, 0.15) is 11.0 Å². The molecule has 1 unspecified atom stereocenters. The molecule has 1 fully saturated rings. The molecule has 0 spiro atoms. The molecule has 0 aromatic rings. The lowest BCUT2D eigenvalue weighted by Crippen LogP contribution is -2.63. The Morgan fingerprint density at radius 3 is 2.55 bits per heavy atom. The van der Waals surface area contributed by atoms with Gasteiger partial charge in [-0.2, -0.15) is 5.26 Å². The smallest absolute Gasteiger partial charge is 0.410 e. The highest BCUT2D eigenvalue weighted by atomic mass is 16.6. The number of nitriles is 1. The molecule has 126 valence electrons. The lowest BCUT2D eigenvalue weighted by molar-refractivity contribution is -0.0715. The number of aliphatic hydroxyl groups excluding tert-OH is 1. The molecule has 1 heterocycles. The van der Waals surface area contributed by atoms with E-state index in [1.807, 2.05) is 0 Å². The van der Waals surface area contributed by atoms with Crippen molar-refractivity contribution in [3.63, 3.8) is 0 Å². The molecule has 0 aromatic carbocycles. The van der Waals surface area contributed by atoms with Crippen LogP contribution in [0.1, 0.15) is 47.0 Å². The first-order valence-electron chi connectivity index (χ1n) is 7.89. The first kappa shape index (κ1) is 18.7. The predicted octanol–water partition coefficient (Wildman–Crippen LogP) is 2.31. The minimum atomic E-state index is -0.898. The van der Waals surface area contributed by atoms with Gasteiger partial charge in [-0.1, -0.05) is 13.3 Å². The Morgan fingerprint density at radius 2 is 2.05 bits per heavy atom. The van der Waals surface area contributed by atoms with Crippen molar-refractivity contribution in [1.82, 2.24) is 4.90 Å². The highest BCUT2D eigenvalue weighted by Gasteiger charge is 2.51. The number of unbranched alkanes of at least 4 members (excludes halogenated alkanes) is 1. The second kappa shape index (κ2) is 7.80. The number of carbonyl (C=O) groups excluding carboxylic acids is 1. The fourth-order valence-electron chi connectivity index (χ4n) is 2.27. The average molecular weight is 312 g/mol. The second-order valence-electron chi connectivity index (χ2n) is 6.87. The van der Waals surface area contributed by atoms with Crippen molar-refractivity contribution in [2.24, 2.45) is 5.41 Å². The third-order valence-electron chi connectivity index (χ3n) is 3.64. The molecule has 1 amide bonds. The van der Waals surface area contributed by atoms with Crippen LogP contribution >= 0.6 is 0 Å². The molecule has 0 aromatic heterocycles. The molecule has 1 atom stereocenters. The number of ether oxygens (including phenoxy) is 2. The molecule has 1 aliphatic rings. The van der Waals surface area contributed by atoms with E-state index >= 15 is 0 Å². The van der Waals surface area contributed by atoms with Crippen molar-refractivity contribution in [2.75, 3.05) is 26.3 Å². The Kier molecular flexibility index (Phi) is 6.64. The number of aliphatic hydroxyl groups is 1. The molecule has 0 saturated carbocycles. The zero-order valence-corrected chi connectivity index (χ0v) is 14.1. The molecule has 22 heavy (non-hydrogen) atoms. The highest BCUT2D eigenvalue weighted by Crippen LogP contribution is 2.35. The third-order valence-corrected chi connectivity index (χ3v) is 3.64. The van der Waals surface area contributed by atoms with E-state index < -0.39 is 23.2 Å². The average Bonchev–Trinajstić information content (AvgIpc) is 2.35. The maximum absolute atomic E-state index is 11.9. The van der Waals surface area contributed by atoms with Crippen LogP contribution in [-0.2, 0) is 9.47 Å². The van der Waals surface area contributed by atoms with E-state index in [1.165, 1.54) is 4.90 Å². The van der Waals surface area contributed by atoms with Crippen molar-refractivity contribution in [2.45, 2.75) is 58.7 Å². The van der Waals surface area contributed by atoms with Gasteiger partial charge in [0.25, 0.3) is 0 Å². The van der Waals surface area contributed by atoms with E-state index in [0.717, 1.165) is 12.8 Å². The highest BCUT2D eigenvalue weighted by molar-refractivity contribution is 5.69. The van der Waals surface area contributed by atoms with Gasteiger partial charge in [0, 0.05) is 26.3 Å². The van der Waals surface area contributed by atoms with Crippen molar-refractivity contribution < 1.29 is 19.4 Å². The van der Waals surface area contributed by atoms with Crippen molar-refractivity contribution >= 4 is 6.09 Å². The van der Waals surface area contributed by atoms with E-state index in [2.05, 4.69) is 13.0 Å². The van der Waals surface area contributed by atoms with Crippen LogP contribution in [0.15, 0.2) is 0 Å². The number of carbonyl (C=O) groups is 1. The van der Waals surface area contributed by atoms with Crippen LogP contribution in [0.5, 0.6) is 0 Å². The molecular formula is C16H28N2O4. The summed E-state index contributed by atoms with van der Waals surface area (Å²) in [6, 6.07) is 2.16. The maximum Gasteiger partial charge on any atom is 0.410 e. The van der Waals surface area contributed by atoms with E-state index in [4.69, 9.17) is 9.47 Å². The van der Waals surface area contributed by atoms with Gasteiger partial charge >= 0.3 is 6.09 Å². The van der Waals surface area contributed by atoms with Crippen molar-refractivity contribution in [3.8, 4) is 6.07 Å². The topological polar surface area (TPSA) is 82.8 Å². The predicted molar refractivity (Wildman–Crippen MR) is 82.2 cm³/mol. The summed E-state index contributed by atoms with van der Waals surface area (Å²) in [5, 5.41) is 19.6. The van der Waals surface area contributed by atoms with Gasteiger partial charge in [-0.3, -0.25) is 0 Å². The second-order valence-corrected chi connectivity index (χ2v) is 6.87. The summed E-state index contributed by atoms with van der Waals surface area (Å²) < 4.78 is 10.7. The maximum atomic E-state index is 11.9. The Bertz CT molecular complexity index is 405. The van der Waals surface area contributed by atoms with Gasteiger partial charge in [0.15, 0.2) is 0 Å². The number of nitrogens with zero attached hydrogens (tertiary/aromatic N) is 2. The summed E-state index contributed by atoms with van der Waals surface area (Å²) >= 11 is 0. The summed E-state index contributed by atoms with van der Waals surface area (Å²) in [4.78, 5) is 13.3. The van der Waals surface area contributed by atoms with Crippen LogP contribution in [0, 0.1) is 16.7 Å². The lowest BCUT2D eigenvalue weighted by Gasteiger charge is -2.47. The summed E-state index contributed by atoms with van der Waals surface area (Å²) in [5.74, 6) is 0. The van der Waals surface area contributed by atoms with Gasteiger partial charge in [0.05, 0.1) is 12.2 Å². The zero-order chi connectivity index (χ0) is 16.8. The number of hydrogen-bond acceptors (Lipinski definition) is 5. The number of hydrogen-bond donors (Lipinski definition) is 1. The van der Waals surface area contributed by atoms with E-state index in [9.17, 15) is 15.2 Å². The molecule has 6 heteroatoms. The Morgan fingerprint density at radius 1 is 1.41 bits per heavy atom. The van der Waals surface area contributed by atoms with Crippen molar-refractivity contribution in [1.29, 1.82) is 5.26 Å². The van der Waals surface area contributed by atoms with Crippen LogP contribution < -0.4 is 0 Å². The van der Waals surface area contributed by atoms with Gasteiger partial charge in [0.2, 0.25) is 0 Å². The fraction of sp³-hybridized carbons (Fsp3) is 0.875. The van der Waals surface area contributed by atoms with Crippen LogP contribution in [0.2, 0.25) is 0 Å². The minimum Gasteiger partial charge on any atom is -0.444 e. The quantitative estimate of drug-likeness (QED) is 0.729. The van der Waals surface area contributed by atoms with Crippen LogP contribution in [0.25, 0.3) is 0 Å². The van der Waals surface area contributed by atoms with E-state index in [0.29, 0.717) is 19.6 Å². The molecule has 1 saturated heterocycles. The molecular weight excluding hydrogens is 284 g/mol. The van der Waals surface area contributed by atoms with Crippen LogP contribution in [0.4, 0.5) is 4.79 Å².